The lowest BCUT2D eigenvalue weighted by Crippen LogP contribution is -2.10. The lowest BCUT2D eigenvalue weighted by atomic mass is 10.2. The highest BCUT2D eigenvalue weighted by atomic mass is 32.2. The zero-order valence-corrected chi connectivity index (χ0v) is 15.0. The SMILES string of the molecule is COc1ccc(-c2nnc(COC(=O)c3csc(S(N)(=O)=O)c3)o2)cc1. The zero-order chi connectivity index (χ0) is 18.7. The number of nitrogens with zero attached hydrogens (tertiary/aromatic N) is 2. The fraction of sp³-hybridized carbons (Fsp3) is 0.133. The van der Waals surface area contributed by atoms with E-state index in [2.05, 4.69) is 10.2 Å². The molecule has 1 aromatic carbocycles. The number of rotatable bonds is 6. The fourth-order valence-electron chi connectivity index (χ4n) is 1.95. The lowest BCUT2D eigenvalue weighted by molar-refractivity contribution is 0.0439. The number of hydrogen-bond donors (Lipinski definition) is 1. The van der Waals surface area contributed by atoms with Gasteiger partial charge in [-0.3, -0.25) is 0 Å². The molecular formula is C15H13N3O6S2. The number of methoxy groups -OCH3 is 1. The maximum absolute atomic E-state index is 12.0. The largest absolute Gasteiger partial charge is 0.497 e. The molecule has 0 spiro atoms. The number of aromatic nitrogens is 2. The number of primary sulfonamides is 1. The highest BCUT2D eigenvalue weighted by molar-refractivity contribution is 7.91. The van der Waals surface area contributed by atoms with Crippen LogP contribution in [0.5, 0.6) is 5.75 Å². The molecule has 0 unspecified atom stereocenters. The van der Waals surface area contributed by atoms with Crippen molar-refractivity contribution in [2.45, 2.75) is 10.8 Å². The molecule has 2 N–H and O–H groups in total. The lowest BCUT2D eigenvalue weighted by Gasteiger charge is -2.00. The third-order valence-corrected chi connectivity index (χ3v) is 5.61. The van der Waals surface area contributed by atoms with Crippen LogP contribution in [0.25, 0.3) is 11.5 Å². The minimum absolute atomic E-state index is 0.0777. The van der Waals surface area contributed by atoms with Crippen LogP contribution >= 0.6 is 11.3 Å². The van der Waals surface area contributed by atoms with Crippen molar-refractivity contribution in [1.82, 2.24) is 10.2 Å². The van der Waals surface area contributed by atoms with Gasteiger partial charge in [0.15, 0.2) is 6.61 Å². The van der Waals surface area contributed by atoms with Crippen molar-refractivity contribution < 1.29 is 27.1 Å². The van der Waals surface area contributed by atoms with Crippen molar-refractivity contribution in [2.75, 3.05) is 7.11 Å². The minimum Gasteiger partial charge on any atom is -0.497 e. The van der Waals surface area contributed by atoms with Gasteiger partial charge in [-0.2, -0.15) is 0 Å². The van der Waals surface area contributed by atoms with Crippen LogP contribution in [0.1, 0.15) is 16.2 Å². The van der Waals surface area contributed by atoms with E-state index in [1.807, 2.05) is 0 Å². The molecule has 0 saturated carbocycles. The molecule has 0 saturated heterocycles. The van der Waals surface area contributed by atoms with Gasteiger partial charge in [-0.05, 0) is 30.3 Å². The molecule has 0 atom stereocenters. The van der Waals surface area contributed by atoms with Crippen LogP contribution in [0.15, 0.2) is 44.3 Å². The molecule has 0 aliphatic heterocycles. The van der Waals surface area contributed by atoms with Crippen molar-refractivity contribution in [1.29, 1.82) is 0 Å². The summed E-state index contributed by atoms with van der Waals surface area (Å²) in [6, 6.07) is 8.15. The Bertz CT molecular complexity index is 1020. The van der Waals surface area contributed by atoms with Gasteiger partial charge in [-0.15, -0.1) is 21.5 Å². The number of thiophene rings is 1. The molecule has 11 heteroatoms. The van der Waals surface area contributed by atoms with E-state index in [0.29, 0.717) is 11.3 Å². The van der Waals surface area contributed by atoms with Gasteiger partial charge >= 0.3 is 5.97 Å². The number of hydrogen-bond acceptors (Lipinski definition) is 9. The summed E-state index contributed by atoms with van der Waals surface area (Å²) in [5.41, 5.74) is 0.764. The van der Waals surface area contributed by atoms with Crippen LogP contribution in [0, 0.1) is 0 Å². The average molecular weight is 395 g/mol. The van der Waals surface area contributed by atoms with Crippen LogP contribution in [0.4, 0.5) is 0 Å². The Morgan fingerprint density at radius 2 is 2.00 bits per heavy atom. The first-order chi connectivity index (χ1) is 12.4. The van der Waals surface area contributed by atoms with Gasteiger partial charge in [0, 0.05) is 10.9 Å². The molecule has 3 rings (SSSR count). The van der Waals surface area contributed by atoms with Crippen LogP contribution < -0.4 is 9.88 Å². The van der Waals surface area contributed by atoms with Crippen LogP contribution in [0.2, 0.25) is 0 Å². The first-order valence-corrected chi connectivity index (χ1v) is 9.54. The molecule has 0 aliphatic rings. The second-order valence-electron chi connectivity index (χ2n) is 5.01. The van der Waals surface area contributed by atoms with Gasteiger partial charge < -0.3 is 13.9 Å². The van der Waals surface area contributed by atoms with Crippen molar-refractivity contribution in [3.8, 4) is 17.2 Å². The van der Waals surface area contributed by atoms with E-state index in [1.165, 1.54) is 5.38 Å². The second-order valence-corrected chi connectivity index (χ2v) is 7.70. The number of benzene rings is 1. The monoisotopic (exact) mass is 395 g/mol. The quantitative estimate of drug-likeness (QED) is 0.624. The molecule has 0 fully saturated rings. The maximum atomic E-state index is 12.0. The van der Waals surface area contributed by atoms with Crippen LogP contribution in [-0.4, -0.2) is 31.7 Å². The van der Waals surface area contributed by atoms with Crippen LogP contribution in [-0.2, 0) is 21.4 Å². The predicted octanol–water partition coefficient (Wildman–Crippen LogP) is 1.81. The van der Waals surface area contributed by atoms with Gasteiger partial charge in [0.05, 0.1) is 12.7 Å². The summed E-state index contributed by atoms with van der Waals surface area (Å²) in [5, 5.41) is 14.0. The molecule has 9 nitrogen and oxygen atoms in total. The zero-order valence-electron chi connectivity index (χ0n) is 13.4. The van der Waals surface area contributed by atoms with E-state index < -0.39 is 16.0 Å². The maximum Gasteiger partial charge on any atom is 0.339 e. The molecule has 26 heavy (non-hydrogen) atoms. The summed E-state index contributed by atoms with van der Waals surface area (Å²) in [7, 11) is -2.29. The van der Waals surface area contributed by atoms with Crippen molar-refractivity contribution in [3.63, 3.8) is 0 Å². The highest BCUT2D eigenvalue weighted by Crippen LogP contribution is 2.22. The highest BCUT2D eigenvalue weighted by Gasteiger charge is 2.17. The van der Waals surface area contributed by atoms with E-state index in [0.717, 1.165) is 17.4 Å². The Hall–Kier alpha value is -2.76. The van der Waals surface area contributed by atoms with Gasteiger partial charge in [0.25, 0.3) is 5.89 Å². The summed E-state index contributed by atoms with van der Waals surface area (Å²) in [5.74, 6) is 0.342. The number of carbonyl (C=O) groups is 1. The number of nitrogens with two attached hydrogens (primary N) is 1. The molecule has 0 aliphatic carbocycles. The first kappa shape index (κ1) is 18.0. The summed E-state index contributed by atoms with van der Waals surface area (Å²) in [4.78, 5) is 12.0. The van der Waals surface area contributed by atoms with Crippen molar-refractivity contribution in [2.24, 2.45) is 5.14 Å². The second kappa shape index (κ2) is 7.23. The number of carbonyl (C=O) groups excluding carboxylic acids is 1. The molecule has 0 radical (unpaired) electrons. The predicted molar refractivity (Wildman–Crippen MR) is 91.1 cm³/mol. The summed E-state index contributed by atoms with van der Waals surface area (Å²) in [6.07, 6.45) is 0. The van der Waals surface area contributed by atoms with E-state index in [9.17, 15) is 13.2 Å². The fourth-order valence-corrected chi connectivity index (χ4v) is 3.52. The third-order valence-electron chi connectivity index (χ3n) is 3.22. The van der Waals surface area contributed by atoms with Crippen molar-refractivity contribution in [3.05, 3.63) is 47.2 Å². The van der Waals surface area contributed by atoms with Gasteiger partial charge in [0.2, 0.25) is 15.9 Å². The smallest absolute Gasteiger partial charge is 0.339 e. The standard InChI is InChI=1S/C15H13N3O6S2/c1-22-11-4-2-9(3-5-11)14-18-17-12(24-14)7-23-15(19)10-6-13(25-8-10)26(16,20)21/h2-6,8H,7H2,1H3,(H2,16,20,21). The molecular weight excluding hydrogens is 382 g/mol. The molecule has 3 aromatic rings. The molecule has 136 valence electrons. The number of esters is 1. The summed E-state index contributed by atoms with van der Waals surface area (Å²) >= 11 is 0.835. The van der Waals surface area contributed by atoms with Crippen LogP contribution in [0.3, 0.4) is 0 Å². The normalized spacial score (nSPS) is 11.3. The summed E-state index contributed by atoms with van der Waals surface area (Å²) < 4.78 is 37.9. The number of sulfonamides is 1. The minimum atomic E-state index is -3.85. The summed E-state index contributed by atoms with van der Waals surface area (Å²) in [6.45, 7) is -0.247. The van der Waals surface area contributed by atoms with E-state index in [-0.39, 0.29) is 28.2 Å². The Labute approximate surface area is 152 Å². The van der Waals surface area contributed by atoms with E-state index in [1.54, 1.807) is 31.4 Å². The Balaban J connectivity index is 1.64. The molecule has 0 bridgehead atoms. The molecule has 2 aromatic heterocycles. The van der Waals surface area contributed by atoms with Gasteiger partial charge in [-0.25, -0.2) is 18.4 Å². The van der Waals surface area contributed by atoms with Crippen molar-refractivity contribution >= 4 is 27.3 Å². The topological polar surface area (TPSA) is 135 Å². The van der Waals surface area contributed by atoms with E-state index >= 15 is 0 Å². The first-order valence-electron chi connectivity index (χ1n) is 7.12. The number of ether oxygens (including phenoxy) is 2. The van der Waals surface area contributed by atoms with E-state index in [4.69, 9.17) is 19.0 Å². The Kier molecular flexibility index (Phi) is 5.02. The molecule has 0 amide bonds. The Morgan fingerprint density at radius 1 is 1.27 bits per heavy atom. The Morgan fingerprint density at radius 3 is 2.62 bits per heavy atom. The molecule has 2 heterocycles. The average Bonchev–Trinajstić information content (AvgIpc) is 3.29. The van der Waals surface area contributed by atoms with Gasteiger partial charge in [0.1, 0.15) is 9.96 Å². The van der Waals surface area contributed by atoms with Gasteiger partial charge in [-0.1, -0.05) is 0 Å². The third kappa shape index (κ3) is 4.07.